The molecule has 2 aromatic carbocycles. The van der Waals surface area contributed by atoms with Crippen LogP contribution in [0.1, 0.15) is 29.3 Å². The highest BCUT2D eigenvalue weighted by Crippen LogP contribution is 2.55. The maximum Gasteiger partial charge on any atom is 0.338 e. The van der Waals surface area contributed by atoms with E-state index in [9.17, 15) is 14.4 Å². The van der Waals surface area contributed by atoms with Gasteiger partial charge in [-0.3, -0.25) is 14.5 Å². The topological polar surface area (TPSA) is 63.7 Å². The first-order valence-corrected chi connectivity index (χ1v) is 10.4. The third-order valence-electron chi connectivity index (χ3n) is 6.56. The van der Waals surface area contributed by atoms with Crippen LogP contribution in [-0.4, -0.2) is 17.8 Å². The number of halogens is 1. The van der Waals surface area contributed by atoms with Crippen LogP contribution in [0.3, 0.4) is 0 Å². The van der Waals surface area contributed by atoms with Gasteiger partial charge in [0.25, 0.3) is 0 Å². The highest BCUT2D eigenvalue weighted by Gasteiger charge is 2.60. The Hall–Kier alpha value is -2.92. The Kier molecular flexibility index (Phi) is 4.51. The summed E-state index contributed by atoms with van der Waals surface area (Å²) >= 11 is 6.08. The number of benzene rings is 2. The van der Waals surface area contributed by atoms with Crippen molar-refractivity contribution in [1.29, 1.82) is 0 Å². The van der Waals surface area contributed by atoms with Crippen molar-refractivity contribution in [1.82, 2.24) is 0 Å². The Balaban J connectivity index is 1.30. The molecule has 2 aromatic rings. The molecule has 0 radical (unpaired) electrons. The molecule has 1 aliphatic heterocycles. The van der Waals surface area contributed by atoms with E-state index in [4.69, 9.17) is 16.3 Å². The number of hydrogen-bond donors (Lipinski definition) is 0. The van der Waals surface area contributed by atoms with E-state index in [0.29, 0.717) is 16.3 Å². The van der Waals surface area contributed by atoms with Crippen molar-refractivity contribution in [3.8, 4) is 0 Å². The molecule has 0 spiro atoms. The van der Waals surface area contributed by atoms with Gasteiger partial charge in [-0.05, 0) is 55.5 Å². The van der Waals surface area contributed by atoms with Crippen molar-refractivity contribution in [2.24, 2.45) is 23.7 Å². The molecule has 2 fully saturated rings. The number of esters is 1. The maximum absolute atomic E-state index is 13.0. The zero-order chi connectivity index (χ0) is 21.0. The van der Waals surface area contributed by atoms with Crippen molar-refractivity contribution < 1.29 is 19.1 Å². The van der Waals surface area contributed by atoms with E-state index in [0.717, 1.165) is 12.0 Å². The van der Waals surface area contributed by atoms with Crippen molar-refractivity contribution in [3.05, 3.63) is 76.3 Å². The number of hydrogen-bond acceptors (Lipinski definition) is 4. The SMILES string of the molecule is CC1=CC2CC1C1C(=O)N(c3ccc(C(=O)OCc4ccccc4Cl)cc3)C(=O)C21. The summed E-state index contributed by atoms with van der Waals surface area (Å²) in [6, 6.07) is 13.6. The number of carbonyl (C=O) groups is 3. The second-order valence-electron chi connectivity index (χ2n) is 8.19. The molecule has 5 rings (SSSR count). The molecule has 2 bridgehead atoms. The van der Waals surface area contributed by atoms with Gasteiger partial charge in [0.05, 0.1) is 23.1 Å². The molecule has 5 nitrogen and oxygen atoms in total. The van der Waals surface area contributed by atoms with Crippen LogP contribution in [0.4, 0.5) is 5.69 Å². The molecule has 2 aliphatic carbocycles. The standard InChI is InChI=1S/C24H20ClNO4/c1-13-10-16-11-18(13)21-20(16)22(27)26(23(21)28)17-8-6-14(7-9-17)24(29)30-12-15-4-2-3-5-19(15)25/h2-10,16,18,20-21H,11-12H2,1H3. The molecule has 0 N–H and O–H groups in total. The van der Waals surface area contributed by atoms with Gasteiger partial charge >= 0.3 is 5.97 Å². The van der Waals surface area contributed by atoms with E-state index in [2.05, 4.69) is 6.08 Å². The summed E-state index contributed by atoms with van der Waals surface area (Å²) in [6.07, 6.45) is 3.06. The molecule has 1 heterocycles. The normalized spacial score (nSPS) is 26.7. The second kappa shape index (κ2) is 7.10. The Morgan fingerprint density at radius 1 is 1.07 bits per heavy atom. The van der Waals surface area contributed by atoms with E-state index >= 15 is 0 Å². The fourth-order valence-corrected chi connectivity index (χ4v) is 5.31. The lowest BCUT2D eigenvalue weighted by Gasteiger charge is -2.19. The minimum absolute atomic E-state index is 0.0713. The zero-order valence-corrected chi connectivity index (χ0v) is 17.1. The maximum atomic E-state index is 13.0. The number of ether oxygens (including phenoxy) is 1. The third kappa shape index (κ3) is 2.88. The van der Waals surface area contributed by atoms with E-state index < -0.39 is 5.97 Å². The molecule has 3 aliphatic rings. The number of amides is 2. The summed E-state index contributed by atoms with van der Waals surface area (Å²) in [5, 5.41) is 0.538. The van der Waals surface area contributed by atoms with Crippen molar-refractivity contribution in [2.75, 3.05) is 4.90 Å². The minimum Gasteiger partial charge on any atom is -0.457 e. The average molecular weight is 422 g/mol. The van der Waals surface area contributed by atoms with Crippen LogP contribution in [0.15, 0.2) is 60.2 Å². The summed E-state index contributed by atoms with van der Waals surface area (Å²) in [6.45, 7) is 2.12. The summed E-state index contributed by atoms with van der Waals surface area (Å²) in [4.78, 5) is 39.6. The van der Waals surface area contributed by atoms with Crippen LogP contribution in [0.2, 0.25) is 5.02 Å². The molecule has 30 heavy (non-hydrogen) atoms. The molecule has 1 saturated carbocycles. The van der Waals surface area contributed by atoms with Crippen LogP contribution >= 0.6 is 11.6 Å². The van der Waals surface area contributed by atoms with Crippen LogP contribution in [-0.2, 0) is 20.9 Å². The highest BCUT2D eigenvalue weighted by atomic mass is 35.5. The molecule has 4 unspecified atom stereocenters. The van der Waals surface area contributed by atoms with Gasteiger partial charge in [-0.2, -0.15) is 0 Å². The van der Waals surface area contributed by atoms with Crippen molar-refractivity contribution >= 4 is 35.1 Å². The zero-order valence-electron chi connectivity index (χ0n) is 16.4. The fourth-order valence-electron chi connectivity index (χ4n) is 5.12. The molecule has 2 amide bonds. The quantitative estimate of drug-likeness (QED) is 0.417. The van der Waals surface area contributed by atoms with Crippen molar-refractivity contribution in [2.45, 2.75) is 20.0 Å². The van der Waals surface area contributed by atoms with E-state index in [1.807, 2.05) is 19.1 Å². The van der Waals surface area contributed by atoms with Gasteiger partial charge in [-0.1, -0.05) is 41.4 Å². The number of rotatable bonds is 4. The molecule has 4 atom stereocenters. The first kappa shape index (κ1) is 19.1. The summed E-state index contributed by atoms with van der Waals surface area (Å²) in [5.74, 6) is -0.884. The van der Waals surface area contributed by atoms with Crippen LogP contribution in [0, 0.1) is 23.7 Å². The molecular weight excluding hydrogens is 402 g/mol. The second-order valence-corrected chi connectivity index (χ2v) is 8.60. The summed E-state index contributed by atoms with van der Waals surface area (Å²) in [5.41, 5.74) is 2.80. The van der Waals surface area contributed by atoms with Gasteiger partial charge in [0.2, 0.25) is 11.8 Å². The van der Waals surface area contributed by atoms with E-state index in [1.165, 1.54) is 10.5 Å². The Bertz CT molecular complexity index is 1090. The lowest BCUT2D eigenvalue weighted by molar-refractivity contribution is -0.123. The molecule has 152 valence electrons. The Morgan fingerprint density at radius 3 is 2.50 bits per heavy atom. The predicted octanol–water partition coefficient (Wildman–Crippen LogP) is 4.40. The monoisotopic (exact) mass is 421 g/mol. The average Bonchev–Trinajstić information content (AvgIpc) is 3.38. The number of fused-ring (bicyclic) bond motifs is 5. The lowest BCUT2D eigenvalue weighted by Crippen LogP contribution is -2.32. The highest BCUT2D eigenvalue weighted by molar-refractivity contribution is 6.31. The van der Waals surface area contributed by atoms with E-state index in [-0.39, 0.29) is 42.1 Å². The lowest BCUT2D eigenvalue weighted by atomic mass is 9.82. The number of nitrogens with zero attached hydrogens (tertiary/aromatic N) is 1. The van der Waals surface area contributed by atoms with Crippen molar-refractivity contribution in [3.63, 3.8) is 0 Å². The fraction of sp³-hybridized carbons (Fsp3) is 0.292. The Morgan fingerprint density at radius 2 is 1.77 bits per heavy atom. The molecule has 0 aromatic heterocycles. The number of carbonyl (C=O) groups excluding carboxylic acids is 3. The number of allylic oxidation sites excluding steroid dienone is 2. The molecule has 6 heteroatoms. The van der Waals surface area contributed by atoms with E-state index in [1.54, 1.807) is 36.4 Å². The van der Waals surface area contributed by atoms with Gasteiger partial charge in [-0.15, -0.1) is 0 Å². The van der Waals surface area contributed by atoms with Crippen LogP contribution in [0.25, 0.3) is 0 Å². The largest absolute Gasteiger partial charge is 0.457 e. The van der Waals surface area contributed by atoms with Gasteiger partial charge < -0.3 is 4.74 Å². The first-order chi connectivity index (χ1) is 14.5. The number of imide groups is 1. The van der Waals surface area contributed by atoms with Gasteiger partial charge in [0, 0.05) is 10.6 Å². The first-order valence-electron chi connectivity index (χ1n) is 10.0. The van der Waals surface area contributed by atoms with Gasteiger partial charge in [0.1, 0.15) is 6.61 Å². The third-order valence-corrected chi connectivity index (χ3v) is 6.93. The van der Waals surface area contributed by atoms with Gasteiger partial charge in [-0.25, -0.2) is 4.79 Å². The molecule has 1 saturated heterocycles. The predicted molar refractivity (Wildman–Crippen MR) is 112 cm³/mol. The van der Waals surface area contributed by atoms with Crippen LogP contribution < -0.4 is 4.90 Å². The Labute approximate surface area is 179 Å². The smallest absolute Gasteiger partial charge is 0.338 e. The number of anilines is 1. The summed E-state index contributed by atoms with van der Waals surface area (Å²) < 4.78 is 5.33. The molecular formula is C24H20ClNO4. The van der Waals surface area contributed by atoms with Gasteiger partial charge in [0.15, 0.2) is 0 Å². The minimum atomic E-state index is -0.490. The summed E-state index contributed by atoms with van der Waals surface area (Å²) in [7, 11) is 0. The van der Waals surface area contributed by atoms with Crippen LogP contribution in [0.5, 0.6) is 0 Å².